The Morgan fingerprint density at radius 1 is 1.48 bits per heavy atom. The minimum Gasteiger partial charge on any atom is -0.335 e. The first kappa shape index (κ1) is 13.7. The standard InChI is InChI=1S/C12H13ClN6O2/c1-3-7-10(21)16-8(20)4-18(7)11-6(2)9(13)17-12-14-5-15-19(11)12/h5,7H,3-4H2,1-2H3,(H,16,20,21). The summed E-state index contributed by atoms with van der Waals surface area (Å²) in [5, 5.41) is 6.73. The highest BCUT2D eigenvalue weighted by Gasteiger charge is 2.35. The highest BCUT2D eigenvalue weighted by Crippen LogP contribution is 2.28. The van der Waals surface area contributed by atoms with E-state index in [0.29, 0.717) is 23.6 Å². The average Bonchev–Trinajstić information content (AvgIpc) is 2.87. The third kappa shape index (κ3) is 2.11. The van der Waals surface area contributed by atoms with Crippen molar-refractivity contribution < 1.29 is 9.59 Å². The SMILES string of the molecule is CCC1C(=O)NC(=O)CN1c1c(C)c(Cl)nc2ncnn12. The zero-order chi connectivity index (χ0) is 15.1. The van der Waals surface area contributed by atoms with Gasteiger partial charge in [0.2, 0.25) is 11.8 Å². The predicted molar refractivity (Wildman–Crippen MR) is 75.1 cm³/mol. The highest BCUT2D eigenvalue weighted by molar-refractivity contribution is 6.30. The molecule has 0 aromatic carbocycles. The first-order chi connectivity index (χ1) is 10.0. The van der Waals surface area contributed by atoms with Gasteiger partial charge in [-0.15, -0.1) is 0 Å². The summed E-state index contributed by atoms with van der Waals surface area (Å²) in [6.45, 7) is 3.71. The van der Waals surface area contributed by atoms with Gasteiger partial charge in [0.1, 0.15) is 23.3 Å². The molecule has 1 saturated heterocycles. The quantitative estimate of drug-likeness (QED) is 0.635. The van der Waals surface area contributed by atoms with Gasteiger partial charge in [0, 0.05) is 5.56 Å². The number of fused-ring (bicyclic) bond motifs is 1. The van der Waals surface area contributed by atoms with E-state index in [-0.39, 0.29) is 23.5 Å². The van der Waals surface area contributed by atoms with Gasteiger partial charge in [0.25, 0.3) is 5.78 Å². The van der Waals surface area contributed by atoms with Gasteiger partial charge in [-0.1, -0.05) is 18.5 Å². The Morgan fingerprint density at radius 3 is 2.95 bits per heavy atom. The highest BCUT2D eigenvalue weighted by atomic mass is 35.5. The number of amides is 2. The van der Waals surface area contributed by atoms with Crippen LogP contribution in [-0.2, 0) is 9.59 Å². The van der Waals surface area contributed by atoms with Gasteiger partial charge in [-0.25, -0.2) is 0 Å². The third-order valence-electron chi connectivity index (χ3n) is 3.49. The van der Waals surface area contributed by atoms with E-state index in [4.69, 9.17) is 11.6 Å². The Balaban J connectivity index is 2.22. The van der Waals surface area contributed by atoms with Gasteiger partial charge in [-0.2, -0.15) is 19.6 Å². The lowest BCUT2D eigenvalue weighted by molar-refractivity contribution is -0.132. The summed E-state index contributed by atoms with van der Waals surface area (Å²) >= 11 is 6.13. The van der Waals surface area contributed by atoms with Gasteiger partial charge in [-0.3, -0.25) is 14.9 Å². The molecule has 1 aliphatic rings. The molecule has 110 valence electrons. The minimum atomic E-state index is -0.465. The minimum absolute atomic E-state index is 0.0559. The fourth-order valence-corrected chi connectivity index (χ4v) is 2.68. The molecular weight excluding hydrogens is 296 g/mol. The van der Waals surface area contributed by atoms with E-state index in [1.807, 2.05) is 6.92 Å². The molecule has 9 heteroatoms. The Hall–Kier alpha value is -2.22. The smallest absolute Gasteiger partial charge is 0.255 e. The van der Waals surface area contributed by atoms with Crippen molar-refractivity contribution in [2.75, 3.05) is 11.4 Å². The molecule has 1 aliphatic heterocycles. The maximum absolute atomic E-state index is 12.0. The second-order valence-electron chi connectivity index (χ2n) is 4.79. The average molecular weight is 309 g/mol. The lowest BCUT2D eigenvalue weighted by atomic mass is 10.1. The van der Waals surface area contributed by atoms with Gasteiger partial charge >= 0.3 is 0 Å². The van der Waals surface area contributed by atoms with Crippen LogP contribution in [0, 0.1) is 6.92 Å². The molecule has 1 unspecified atom stereocenters. The number of carbonyl (C=O) groups excluding carboxylic acids is 2. The Labute approximate surface area is 125 Å². The monoisotopic (exact) mass is 308 g/mol. The van der Waals surface area contributed by atoms with Crippen molar-refractivity contribution in [2.45, 2.75) is 26.3 Å². The molecule has 1 fully saturated rings. The van der Waals surface area contributed by atoms with Crippen LogP contribution in [0.4, 0.5) is 5.82 Å². The number of imide groups is 1. The van der Waals surface area contributed by atoms with Crippen LogP contribution >= 0.6 is 11.6 Å². The van der Waals surface area contributed by atoms with Crippen molar-refractivity contribution in [3.05, 3.63) is 17.0 Å². The van der Waals surface area contributed by atoms with Gasteiger partial charge in [0.05, 0.1) is 6.54 Å². The molecule has 1 N–H and O–H groups in total. The molecular formula is C12H13ClN6O2. The van der Waals surface area contributed by atoms with Crippen LogP contribution in [0.5, 0.6) is 0 Å². The normalized spacial score (nSPS) is 19.2. The zero-order valence-electron chi connectivity index (χ0n) is 11.5. The molecule has 2 aromatic heterocycles. The van der Waals surface area contributed by atoms with Crippen LogP contribution in [0.3, 0.4) is 0 Å². The fraction of sp³-hybridized carbons (Fsp3) is 0.417. The molecule has 21 heavy (non-hydrogen) atoms. The van der Waals surface area contributed by atoms with Crippen LogP contribution in [0.15, 0.2) is 6.33 Å². The van der Waals surface area contributed by atoms with E-state index in [2.05, 4.69) is 20.4 Å². The third-order valence-corrected chi connectivity index (χ3v) is 3.86. The van der Waals surface area contributed by atoms with Crippen molar-refractivity contribution in [1.29, 1.82) is 0 Å². The number of hydrogen-bond donors (Lipinski definition) is 1. The number of halogens is 1. The Bertz CT molecular complexity index is 743. The van der Waals surface area contributed by atoms with Gasteiger partial charge in [-0.05, 0) is 13.3 Å². The summed E-state index contributed by atoms with van der Waals surface area (Å²) in [4.78, 5) is 33.6. The molecule has 2 amide bonds. The van der Waals surface area contributed by atoms with Crippen molar-refractivity contribution in [3.8, 4) is 0 Å². The van der Waals surface area contributed by atoms with Crippen molar-refractivity contribution in [1.82, 2.24) is 24.9 Å². The number of piperazine rings is 1. The van der Waals surface area contributed by atoms with E-state index < -0.39 is 6.04 Å². The largest absolute Gasteiger partial charge is 0.335 e. The first-order valence-corrected chi connectivity index (χ1v) is 6.87. The van der Waals surface area contributed by atoms with E-state index in [1.165, 1.54) is 10.8 Å². The van der Waals surface area contributed by atoms with Crippen LogP contribution in [-0.4, -0.2) is 44.0 Å². The molecule has 3 rings (SSSR count). The Morgan fingerprint density at radius 2 is 2.24 bits per heavy atom. The van der Waals surface area contributed by atoms with Crippen molar-refractivity contribution in [3.63, 3.8) is 0 Å². The maximum Gasteiger partial charge on any atom is 0.255 e. The summed E-state index contributed by atoms with van der Waals surface area (Å²) in [7, 11) is 0. The van der Waals surface area contributed by atoms with Crippen LogP contribution in [0.1, 0.15) is 18.9 Å². The second kappa shape index (κ2) is 4.96. The number of nitrogens with one attached hydrogen (secondary N) is 1. The van der Waals surface area contributed by atoms with Crippen molar-refractivity contribution in [2.24, 2.45) is 0 Å². The lowest BCUT2D eigenvalue weighted by Gasteiger charge is -2.35. The molecule has 0 bridgehead atoms. The van der Waals surface area contributed by atoms with Crippen LogP contribution in [0.25, 0.3) is 5.78 Å². The topological polar surface area (TPSA) is 92.5 Å². The number of rotatable bonds is 2. The lowest BCUT2D eigenvalue weighted by Crippen LogP contribution is -2.58. The summed E-state index contributed by atoms with van der Waals surface area (Å²) in [6, 6.07) is -0.465. The first-order valence-electron chi connectivity index (χ1n) is 6.49. The summed E-state index contributed by atoms with van der Waals surface area (Å²) in [5.74, 6) is 0.214. The maximum atomic E-state index is 12.0. The number of nitrogens with zero attached hydrogens (tertiary/aromatic N) is 5. The van der Waals surface area contributed by atoms with Crippen molar-refractivity contribution >= 4 is 35.0 Å². The molecule has 0 aliphatic carbocycles. The summed E-state index contributed by atoms with van der Waals surface area (Å²) < 4.78 is 1.50. The second-order valence-corrected chi connectivity index (χ2v) is 5.15. The fourth-order valence-electron chi connectivity index (χ4n) is 2.52. The van der Waals surface area contributed by atoms with Gasteiger partial charge in [0.15, 0.2) is 0 Å². The Kier molecular flexibility index (Phi) is 3.25. The number of hydrogen-bond acceptors (Lipinski definition) is 6. The molecule has 0 spiro atoms. The summed E-state index contributed by atoms with van der Waals surface area (Å²) in [5.41, 5.74) is 0.649. The molecule has 0 saturated carbocycles. The molecule has 8 nitrogen and oxygen atoms in total. The molecule has 3 heterocycles. The van der Waals surface area contributed by atoms with E-state index >= 15 is 0 Å². The van der Waals surface area contributed by atoms with E-state index in [9.17, 15) is 9.59 Å². The van der Waals surface area contributed by atoms with Gasteiger partial charge < -0.3 is 4.90 Å². The van der Waals surface area contributed by atoms with E-state index in [0.717, 1.165) is 0 Å². The van der Waals surface area contributed by atoms with Crippen LogP contribution in [0.2, 0.25) is 5.15 Å². The molecule has 2 aromatic rings. The molecule has 1 atom stereocenters. The zero-order valence-corrected chi connectivity index (χ0v) is 12.3. The number of anilines is 1. The summed E-state index contributed by atoms with van der Waals surface area (Å²) in [6.07, 6.45) is 1.91. The predicted octanol–water partition coefficient (Wildman–Crippen LogP) is 0.328. The number of carbonyl (C=O) groups is 2. The van der Waals surface area contributed by atoms with Crippen LogP contribution < -0.4 is 10.2 Å². The van der Waals surface area contributed by atoms with E-state index in [1.54, 1.807) is 11.8 Å². The molecule has 0 radical (unpaired) electrons. The number of aromatic nitrogens is 4.